The van der Waals surface area contributed by atoms with Gasteiger partial charge in [-0.1, -0.05) is 6.07 Å². The zero-order chi connectivity index (χ0) is 15.0. The Morgan fingerprint density at radius 1 is 1.00 bits per heavy atom. The van der Waals surface area contributed by atoms with E-state index in [0.29, 0.717) is 17.0 Å². The van der Waals surface area contributed by atoms with E-state index in [1.54, 1.807) is 18.3 Å². The van der Waals surface area contributed by atoms with Gasteiger partial charge in [0.25, 0.3) is 0 Å². The van der Waals surface area contributed by atoms with Crippen molar-refractivity contribution in [1.29, 1.82) is 0 Å². The van der Waals surface area contributed by atoms with Crippen molar-refractivity contribution >= 4 is 16.7 Å². The molecule has 0 saturated carbocycles. The molecule has 0 aliphatic heterocycles. The van der Waals surface area contributed by atoms with Crippen LogP contribution in [0.3, 0.4) is 0 Å². The van der Waals surface area contributed by atoms with Gasteiger partial charge < -0.3 is 4.57 Å². The third-order valence-corrected chi connectivity index (χ3v) is 3.31. The van der Waals surface area contributed by atoms with Gasteiger partial charge in [-0.2, -0.15) is 0 Å². The number of Topliss-reactive ketones (excluding diaryl/α,β-unsaturated/α-hetero) is 1. The van der Waals surface area contributed by atoms with Crippen molar-refractivity contribution in [3.05, 3.63) is 71.7 Å². The smallest absolute Gasteiger partial charge is 0.185 e. The number of rotatable bonds is 3. The summed E-state index contributed by atoms with van der Waals surface area (Å²) < 4.78 is 41.5. The SMILES string of the molecule is O=C(Cn1ccc2c(F)cccc21)c1ccc(F)cc1F. The molecular formula is C16H10F3NO. The maximum Gasteiger partial charge on any atom is 0.185 e. The monoisotopic (exact) mass is 289 g/mol. The summed E-state index contributed by atoms with van der Waals surface area (Å²) in [6.45, 7) is -0.143. The first-order chi connectivity index (χ1) is 10.1. The van der Waals surface area contributed by atoms with Crippen molar-refractivity contribution in [3.63, 3.8) is 0 Å². The summed E-state index contributed by atoms with van der Waals surface area (Å²) in [5.41, 5.74) is 0.362. The van der Waals surface area contributed by atoms with Gasteiger partial charge in [0, 0.05) is 17.6 Å². The fraction of sp³-hybridized carbons (Fsp3) is 0.0625. The molecule has 0 fully saturated rings. The van der Waals surface area contributed by atoms with Gasteiger partial charge in [0.1, 0.15) is 17.5 Å². The quantitative estimate of drug-likeness (QED) is 0.669. The normalized spacial score (nSPS) is 11.0. The highest BCUT2D eigenvalue weighted by Crippen LogP contribution is 2.20. The fourth-order valence-electron chi connectivity index (χ4n) is 2.28. The Balaban J connectivity index is 1.95. The van der Waals surface area contributed by atoms with Crippen molar-refractivity contribution in [2.75, 3.05) is 0 Å². The Kier molecular flexibility index (Phi) is 3.25. The average molecular weight is 289 g/mol. The minimum Gasteiger partial charge on any atom is -0.340 e. The summed E-state index contributed by atoms with van der Waals surface area (Å²) in [7, 11) is 0. The van der Waals surface area contributed by atoms with Gasteiger partial charge in [-0.15, -0.1) is 0 Å². The van der Waals surface area contributed by atoms with Crippen LogP contribution in [0.15, 0.2) is 48.7 Å². The van der Waals surface area contributed by atoms with E-state index in [2.05, 4.69) is 0 Å². The number of halogens is 3. The second-order valence-electron chi connectivity index (χ2n) is 4.66. The summed E-state index contributed by atoms with van der Waals surface area (Å²) in [6, 6.07) is 8.90. The number of hydrogen-bond acceptors (Lipinski definition) is 1. The van der Waals surface area contributed by atoms with E-state index in [9.17, 15) is 18.0 Å². The molecule has 0 radical (unpaired) electrons. The molecule has 0 N–H and O–H groups in total. The van der Waals surface area contributed by atoms with E-state index in [1.165, 1.54) is 16.7 Å². The highest BCUT2D eigenvalue weighted by Gasteiger charge is 2.14. The van der Waals surface area contributed by atoms with Gasteiger partial charge in [0.2, 0.25) is 0 Å². The van der Waals surface area contributed by atoms with Gasteiger partial charge >= 0.3 is 0 Å². The van der Waals surface area contributed by atoms with Gasteiger partial charge in [-0.05, 0) is 30.3 Å². The van der Waals surface area contributed by atoms with Crippen LogP contribution in [0, 0.1) is 17.5 Å². The minimum atomic E-state index is -0.900. The van der Waals surface area contributed by atoms with E-state index in [1.807, 2.05) is 0 Å². The first-order valence-corrected chi connectivity index (χ1v) is 6.28. The molecule has 106 valence electrons. The van der Waals surface area contributed by atoms with Gasteiger partial charge in [-0.25, -0.2) is 13.2 Å². The highest BCUT2D eigenvalue weighted by molar-refractivity contribution is 5.97. The Labute approximate surface area is 118 Å². The van der Waals surface area contributed by atoms with Crippen molar-refractivity contribution in [3.8, 4) is 0 Å². The van der Waals surface area contributed by atoms with Crippen LogP contribution in [0.4, 0.5) is 13.2 Å². The number of carbonyl (C=O) groups is 1. The Morgan fingerprint density at radius 2 is 1.81 bits per heavy atom. The van der Waals surface area contributed by atoms with Gasteiger partial charge in [0.15, 0.2) is 5.78 Å². The second kappa shape index (κ2) is 5.09. The predicted octanol–water partition coefficient (Wildman–Crippen LogP) is 3.94. The molecule has 0 aliphatic carbocycles. The Bertz CT molecular complexity index is 839. The lowest BCUT2D eigenvalue weighted by Crippen LogP contribution is -2.11. The van der Waals surface area contributed by atoms with Crippen LogP contribution in [-0.4, -0.2) is 10.4 Å². The van der Waals surface area contributed by atoms with Crippen molar-refractivity contribution < 1.29 is 18.0 Å². The molecule has 0 atom stereocenters. The molecule has 21 heavy (non-hydrogen) atoms. The third kappa shape index (κ3) is 2.42. The standard InChI is InChI=1S/C16H10F3NO/c17-10-4-5-12(14(19)8-10)16(21)9-20-7-6-11-13(18)2-1-3-15(11)20/h1-8H,9H2. The summed E-state index contributed by atoms with van der Waals surface area (Å²) in [4.78, 5) is 12.1. The zero-order valence-corrected chi connectivity index (χ0v) is 10.8. The van der Waals surface area contributed by atoms with E-state index < -0.39 is 17.4 Å². The number of benzene rings is 2. The summed E-state index contributed by atoms with van der Waals surface area (Å²) in [6.07, 6.45) is 1.56. The van der Waals surface area contributed by atoms with Crippen molar-refractivity contribution in [1.82, 2.24) is 4.57 Å². The molecule has 1 aromatic heterocycles. The first-order valence-electron chi connectivity index (χ1n) is 6.28. The third-order valence-electron chi connectivity index (χ3n) is 3.31. The average Bonchev–Trinajstić information content (AvgIpc) is 2.83. The molecule has 3 aromatic rings. The molecule has 0 spiro atoms. The van der Waals surface area contributed by atoms with Crippen LogP contribution in [-0.2, 0) is 6.54 Å². The van der Waals surface area contributed by atoms with Gasteiger partial charge in [-0.3, -0.25) is 4.79 Å². The number of hydrogen-bond donors (Lipinski definition) is 0. The summed E-state index contributed by atoms with van der Waals surface area (Å²) >= 11 is 0. The molecular weight excluding hydrogens is 279 g/mol. The lowest BCUT2D eigenvalue weighted by atomic mass is 10.1. The molecule has 0 saturated heterocycles. The van der Waals surface area contributed by atoms with E-state index >= 15 is 0 Å². The largest absolute Gasteiger partial charge is 0.340 e. The molecule has 0 amide bonds. The number of ketones is 1. The first kappa shape index (κ1) is 13.4. The van der Waals surface area contributed by atoms with Crippen molar-refractivity contribution in [2.45, 2.75) is 6.54 Å². The number of nitrogens with zero attached hydrogens (tertiary/aromatic N) is 1. The van der Waals surface area contributed by atoms with Gasteiger partial charge in [0.05, 0.1) is 17.6 Å². The second-order valence-corrected chi connectivity index (χ2v) is 4.66. The van der Waals surface area contributed by atoms with Crippen LogP contribution in [0.5, 0.6) is 0 Å². The predicted molar refractivity (Wildman–Crippen MR) is 72.6 cm³/mol. The fourth-order valence-corrected chi connectivity index (χ4v) is 2.28. The van der Waals surface area contributed by atoms with Crippen molar-refractivity contribution in [2.24, 2.45) is 0 Å². The van der Waals surface area contributed by atoms with E-state index in [4.69, 9.17) is 0 Å². The molecule has 2 aromatic carbocycles. The molecule has 0 aliphatic rings. The lowest BCUT2D eigenvalue weighted by molar-refractivity contribution is 0.0969. The molecule has 0 unspecified atom stereocenters. The Morgan fingerprint density at radius 3 is 2.57 bits per heavy atom. The Hall–Kier alpha value is -2.56. The molecule has 2 nitrogen and oxygen atoms in total. The lowest BCUT2D eigenvalue weighted by Gasteiger charge is -2.06. The molecule has 3 rings (SSSR count). The maximum absolute atomic E-state index is 13.6. The van der Waals surface area contributed by atoms with Crippen LogP contribution >= 0.6 is 0 Å². The van der Waals surface area contributed by atoms with E-state index in [0.717, 1.165) is 12.1 Å². The molecule has 0 bridgehead atoms. The number of carbonyl (C=O) groups excluding carboxylic acids is 1. The van der Waals surface area contributed by atoms with E-state index in [-0.39, 0.29) is 17.9 Å². The minimum absolute atomic E-state index is 0.143. The maximum atomic E-state index is 13.6. The number of aromatic nitrogens is 1. The summed E-state index contributed by atoms with van der Waals surface area (Å²) in [5, 5.41) is 0.393. The topological polar surface area (TPSA) is 22.0 Å². The van der Waals surface area contributed by atoms with Crippen LogP contribution in [0.25, 0.3) is 10.9 Å². The van der Waals surface area contributed by atoms with Crippen LogP contribution in [0.1, 0.15) is 10.4 Å². The highest BCUT2D eigenvalue weighted by atomic mass is 19.1. The summed E-state index contributed by atoms with van der Waals surface area (Å²) in [5.74, 6) is -2.53. The van der Waals surface area contributed by atoms with Crippen LogP contribution < -0.4 is 0 Å². The zero-order valence-electron chi connectivity index (χ0n) is 10.8. The molecule has 1 heterocycles. The van der Waals surface area contributed by atoms with Crippen LogP contribution in [0.2, 0.25) is 0 Å². The number of fused-ring (bicyclic) bond motifs is 1. The molecule has 5 heteroatoms.